The minimum Gasteiger partial charge on any atom is -0.295 e. The number of halogens is 4. The Hall–Kier alpha value is -3.12. The van der Waals surface area contributed by atoms with Crippen LogP contribution in [0, 0.1) is 32.6 Å². The first-order chi connectivity index (χ1) is 27.1. The fraction of sp³-hybridized carbons (Fsp3) is 0.608. The molecule has 0 saturated carbocycles. The second-order valence-corrected chi connectivity index (χ2v) is 16.2. The lowest BCUT2D eigenvalue weighted by Crippen LogP contribution is -2.01. The van der Waals surface area contributed by atoms with Crippen LogP contribution < -0.4 is 0 Å². The number of aryl methyl sites for hydroxylation is 6. The van der Waals surface area contributed by atoms with E-state index < -0.39 is 6.18 Å². The highest BCUT2D eigenvalue weighted by atomic mass is 35.5. The van der Waals surface area contributed by atoms with Gasteiger partial charge in [0.25, 0.3) is 0 Å². The topological polar surface area (TPSA) is 34.4 Å². The molecule has 0 fully saturated rings. The molecule has 0 bridgehead atoms. The van der Waals surface area contributed by atoms with Crippen molar-refractivity contribution in [3.63, 3.8) is 0 Å². The van der Waals surface area contributed by atoms with Crippen molar-refractivity contribution >= 4 is 23.0 Å². The lowest BCUT2D eigenvalue weighted by molar-refractivity contribution is -0.110. The third kappa shape index (κ3) is 33.8. The molecule has 332 valence electrons. The molecule has 0 aliphatic carbocycles. The maximum absolute atomic E-state index is 11.5. The lowest BCUT2D eigenvalue weighted by Gasteiger charge is -2.06. The van der Waals surface area contributed by atoms with Gasteiger partial charge in [-0.05, 0) is 87.1 Å². The van der Waals surface area contributed by atoms with Gasteiger partial charge in [0, 0.05) is 20.0 Å². The molecule has 0 aliphatic rings. The van der Waals surface area contributed by atoms with Crippen LogP contribution in [-0.4, -0.2) is 21.3 Å². The van der Waals surface area contributed by atoms with Crippen molar-refractivity contribution in [2.24, 2.45) is 11.8 Å². The van der Waals surface area contributed by atoms with Gasteiger partial charge in [0.15, 0.2) is 5.78 Å². The van der Waals surface area contributed by atoms with Gasteiger partial charge in [0.2, 0.25) is 0 Å². The van der Waals surface area contributed by atoms with Crippen molar-refractivity contribution in [1.29, 1.82) is 0 Å². The number of carbonyl (C=O) groups is 1. The van der Waals surface area contributed by atoms with Crippen molar-refractivity contribution < 1.29 is 18.0 Å². The summed E-state index contributed by atoms with van der Waals surface area (Å²) in [6.45, 7) is 32.4. The summed E-state index contributed by atoms with van der Waals surface area (Å²) in [4.78, 5) is 15.9. The smallest absolute Gasteiger partial charge is 0.295 e. The van der Waals surface area contributed by atoms with Gasteiger partial charge in [-0.3, -0.25) is 9.20 Å². The summed E-state index contributed by atoms with van der Waals surface area (Å²) in [5.74, 6) is 1.80. The molecule has 2 aromatic carbocycles. The first-order valence-corrected chi connectivity index (χ1v) is 22.4. The van der Waals surface area contributed by atoms with Crippen LogP contribution in [0.2, 0.25) is 5.02 Å². The lowest BCUT2D eigenvalue weighted by atomic mass is 10.0. The van der Waals surface area contributed by atoms with E-state index in [-0.39, 0.29) is 12.7 Å². The van der Waals surface area contributed by atoms with Crippen molar-refractivity contribution in [3.05, 3.63) is 105 Å². The summed E-state index contributed by atoms with van der Waals surface area (Å²) < 4.78 is 32.8. The Morgan fingerprint density at radius 3 is 1.60 bits per heavy atom. The van der Waals surface area contributed by atoms with Gasteiger partial charge in [-0.1, -0.05) is 193 Å². The number of ketones is 1. The van der Waals surface area contributed by atoms with E-state index in [0.717, 1.165) is 36.0 Å². The van der Waals surface area contributed by atoms with E-state index >= 15 is 0 Å². The van der Waals surface area contributed by atoms with Crippen molar-refractivity contribution in [1.82, 2.24) is 9.38 Å². The van der Waals surface area contributed by atoms with Gasteiger partial charge in [0.05, 0.1) is 10.7 Å². The molecule has 0 saturated heterocycles. The van der Waals surface area contributed by atoms with Crippen LogP contribution in [0.4, 0.5) is 13.2 Å². The third-order valence-corrected chi connectivity index (χ3v) is 9.08. The molecule has 0 amide bonds. The predicted molar refractivity (Wildman–Crippen MR) is 251 cm³/mol. The number of carbonyl (C=O) groups excluding carboxylic acids is 1. The van der Waals surface area contributed by atoms with Crippen LogP contribution in [0.25, 0.3) is 5.65 Å². The number of alkyl halides is 3. The van der Waals surface area contributed by atoms with Crippen LogP contribution in [0.15, 0.2) is 60.8 Å². The number of hydrogen-bond donors (Lipinski definition) is 0. The fourth-order valence-electron chi connectivity index (χ4n) is 4.77. The molecule has 4 rings (SSSR count). The van der Waals surface area contributed by atoms with Crippen LogP contribution in [0.5, 0.6) is 0 Å². The second-order valence-electron chi connectivity index (χ2n) is 15.7. The third-order valence-electron chi connectivity index (χ3n) is 8.86. The van der Waals surface area contributed by atoms with Crippen molar-refractivity contribution in [3.8, 4) is 0 Å². The van der Waals surface area contributed by atoms with Gasteiger partial charge >= 0.3 is 6.18 Å². The van der Waals surface area contributed by atoms with E-state index in [1.165, 1.54) is 92.0 Å². The molecule has 0 aliphatic heterocycles. The van der Waals surface area contributed by atoms with E-state index in [9.17, 15) is 18.0 Å². The number of rotatable bonds is 12. The number of hydrogen-bond acceptors (Lipinski definition) is 2. The Kier molecular flexibility index (Phi) is 36.5. The summed E-state index contributed by atoms with van der Waals surface area (Å²) in [6, 6.07) is 19.0. The number of imidazole rings is 1. The number of benzene rings is 2. The quantitative estimate of drug-likeness (QED) is 0.105. The maximum Gasteiger partial charge on any atom is 0.386 e. The van der Waals surface area contributed by atoms with E-state index in [1.54, 1.807) is 23.6 Å². The summed E-state index contributed by atoms with van der Waals surface area (Å²) in [6.07, 6.45) is 13.0. The molecule has 58 heavy (non-hydrogen) atoms. The van der Waals surface area contributed by atoms with Crippen LogP contribution >= 0.6 is 11.6 Å². The van der Waals surface area contributed by atoms with Gasteiger partial charge in [-0.25, -0.2) is 4.98 Å². The number of pyridine rings is 1. The zero-order valence-corrected chi connectivity index (χ0v) is 40.5. The molecule has 0 atom stereocenters. The SMILES string of the molecule is CC(F)(F)F.CCC(C)C.CCCC.CCCCCC(C)C.CCCCc1ccc(C)c(CC)c1.CCc1nc2ccc(Cl)cn2c1C(C)=O.Cc1ccc(C)cc1. The Morgan fingerprint density at radius 1 is 0.724 bits per heavy atom. The average Bonchev–Trinajstić information content (AvgIpc) is 3.54. The first kappa shape index (κ1) is 59.2. The Balaban J connectivity index is -0.000000642. The highest BCUT2D eigenvalue weighted by Gasteiger charge is 2.16. The largest absolute Gasteiger partial charge is 0.386 e. The molecule has 0 radical (unpaired) electrons. The molecule has 2 heterocycles. The number of aromatic nitrogens is 2. The normalized spacial score (nSPS) is 10.2. The summed E-state index contributed by atoms with van der Waals surface area (Å²) in [5.41, 5.74) is 9.33. The molecule has 7 heteroatoms. The molecular formula is C51H84ClF3N2O. The van der Waals surface area contributed by atoms with Crippen molar-refractivity contribution in [2.75, 3.05) is 0 Å². The Bertz CT molecular complexity index is 1540. The minimum absolute atomic E-state index is 0.0154. The zero-order valence-electron chi connectivity index (χ0n) is 39.7. The highest BCUT2D eigenvalue weighted by molar-refractivity contribution is 6.30. The number of unbranched alkanes of at least 4 members (excludes halogenated alkanes) is 4. The summed E-state index contributed by atoms with van der Waals surface area (Å²) in [5, 5.41) is 0.602. The standard InChI is InChI=1S/C13H20.C11H11ClN2O.C8H10.C8H18.C5H12.C4H10.C2H3F3/c1-4-6-7-12-9-8-11(3)13(5-2)10-12;1-3-9-11(7(2)15)14-6-8(12)4-5-10(14)13-9;1-7-3-5-8(2)6-4-7;1-4-5-6-7-8(2)3;1-4-5(2)3;1-3-4-2;1-2(3,4)5/h8-10H,4-7H2,1-3H3;4-6H,3H2,1-2H3;3-6H,1-2H3;8H,4-7H2,1-3H3;5H,4H2,1-3H3;3-4H2,1-2H3;1H3. The molecular weight excluding hydrogens is 749 g/mol. The van der Waals surface area contributed by atoms with Crippen molar-refractivity contribution in [2.45, 2.75) is 194 Å². The van der Waals surface area contributed by atoms with E-state index in [1.807, 2.05) is 13.0 Å². The molecule has 0 unspecified atom stereocenters. The highest BCUT2D eigenvalue weighted by Crippen LogP contribution is 2.18. The van der Waals surface area contributed by atoms with Gasteiger partial charge < -0.3 is 0 Å². The minimum atomic E-state index is -4.00. The molecule has 2 aromatic heterocycles. The van der Waals surface area contributed by atoms with Gasteiger partial charge in [-0.15, -0.1) is 0 Å². The molecule has 0 spiro atoms. The predicted octanol–water partition coefficient (Wildman–Crippen LogP) is 17.6. The molecule has 4 aromatic rings. The second kappa shape index (κ2) is 35.8. The zero-order chi connectivity index (χ0) is 45.3. The average molecular weight is 834 g/mol. The molecule has 3 nitrogen and oxygen atoms in total. The molecule has 0 N–H and O–H groups in total. The monoisotopic (exact) mass is 833 g/mol. The fourth-order valence-corrected chi connectivity index (χ4v) is 4.93. The summed E-state index contributed by atoms with van der Waals surface area (Å²) in [7, 11) is 0. The number of nitrogens with zero attached hydrogens (tertiary/aromatic N) is 2. The number of Topliss-reactive ketones (excluding diaryl/α,β-unsaturated/α-hetero) is 1. The Morgan fingerprint density at radius 2 is 1.22 bits per heavy atom. The maximum atomic E-state index is 11.5. The van der Waals surface area contributed by atoms with Crippen LogP contribution in [-0.2, 0) is 19.3 Å². The van der Waals surface area contributed by atoms with E-state index in [2.05, 4.69) is 137 Å². The Labute approximate surface area is 360 Å². The van der Waals surface area contributed by atoms with Gasteiger partial charge in [0.1, 0.15) is 11.3 Å². The van der Waals surface area contributed by atoms with E-state index in [0.29, 0.717) is 10.7 Å². The summed E-state index contributed by atoms with van der Waals surface area (Å²) >= 11 is 5.89. The van der Waals surface area contributed by atoms with Crippen LogP contribution in [0.1, 0.15) is 192 Å². The van der Waals surface area contributed by atoms with Gasteiger partial charge in [-0.2, -0.15) is 13.2 Å². The van der Waals surface area contributed by atoms with Crippen LogP contribution in [0.3, 0.4) is 0 Å². The number of fused-ring (bicyclic) bond motifs is 1. The first-order valence-electron chi connectivity index (χ1n) is 22.0. The van der Waals surface area contributed by atoms with E-state index in [4.69, 9.17) is 11.6 Å².